The van der Waals surface area contributed by atoms with E-state index in [1.54, 1.807) is 25.2 Å². The molecule has 8 nitrogen and oxygen atoms in total. The van der Waals surface area contributed by atoms with Gasteiger partial charge >= 0.3 is 5.97 Å². The second-order valence-corrected chi connectivity index (χ2v) is 9.25. The quantitative estimate of drug-likeness (QED) is 0.736. The summed E-state index contributed by atoms with van der Waals surface area (Å²) < 4.78 is 27.8. The zero-order valence-corrected chi connectivity index (χ0v) is 16.0. The molecule has 146 valence electrons. The van der Waals surface area contributed by atoms with E-state index in [1.165, 1.54) is 18.1 Å². The lowest BCUT2D eigenvalue weighted by Gasteiger charge is -2.23. The number of anilines is 1. The number of hydrogen-bond acceptors (Lipinski definition) is 6. The lowest BCUT2D eigenvalue weighted by Crippen LogP contribution is -2.39. The predicted octanol–water partition coefficient (Wildman–Crippen LogP) is 0.693. The number of rotatable bonds is 5. The molecule has 3 rings (SSSR count). The Bertz CT molecular complexity index is 882. The van der Waals surface area contributed by atoms with Crippen molar-refractivity contribution in [3.63, 3.8) is 0 Å². The second kappa shape index (κ2) is 7.30. The van der Waals surface area contributed by atoms with E-state index in [-0.39, 0.29) is 29.4 Å². The lowest BCUT2D eigenvalue weighted by molar-refractivity contribution is -0.134. The Labute approximate surface area is 157 Å². The molecule has 2 aliphatic rings. The number of nitrogens with zero attached hydrogens (tertiary/aromatic N) is 1. The molecule has 1 aliphatic heterocycles. The SMILES string of the molecule is COC(=O)c1cccc(NC(=O)C2CC2C(=O)N(C)C2CCS(=O)(=O)C2)c1. The molecule has 1 aromatic carbocycles. The first-order valence-corrected chi connectivity index (χ1v) is 10.5. The van der Waals surface area contributed by atoms with Gasteiger partial charge in [0.1, 0.15) is 0 Å². The summed E-state index contributed by atoms with van der Waals surface area (Å²) in [4.78, 5) is 38.0. The Morgan fingerprint density at radius 1 is 1.22 bits per heavy atom. The van der Waals surface area contributed by atoms with Crippen molar-refractivity contribution in [2.24, 2.45) is 11.8 Å². The second-order valence-electron chi connectivity index (χ2n) is 7.02. The van der Waals surface area contributed by atoms with Crippen LogP contribution in [0.15, 0.2) is 24.3 Å². The van der Waals surface area contributed by atoms with Crippen LogP contribution in [0.5, 0.6) is 0 Å². The number of carbonyl (C=O) groups excluding carboxylic acids is 3. The van der Waals surface area contributed by atoms with Crippen molar-refractivity contribution in [2.45, 2.75) is 18.9 Å². The van der Waals surface area contributed by atoms with Gasteiger partial charge in [-0.25, -0.2) is 13.2 Å². The predicted molar refractivity (Wildman–Crippen MR) is 97.8 cm³/mol. The molecule has 1 aromatic rings. The molecule has 9 heteroatoms. The molecule has 1 saturated carbocycles. The van der Waals surface area contributed by atoms with Crippen LogP contribution in [0.2, 0.25) is 0 Å². The first-order chi connectivity index (χ1) is 12.7. The molecule has 2 fully saturated rings. The zero-order chi connectivity index (χ0) is 19.8. The zero-order valence-electron chi connectivity index (χ0n) is 15.2. The number of sulfone groups is 1. The molecule has 1 aliphatic carbocycles. The summed E-state index contributed by atoms with van der Waals surface area (Å²) in [6, 6.07) is 6.06. The first kappa shape index (κ1) is 19.3. The molecule has 3 atom stereocenters. The van der Waals surface area contributed by atoms with Crippen LogP contribution in [-0.2, 0) is 24.2 Å². The highest BCUT2D eigenvalue weighted by molar-refractivity contribution is 7.91. The molecule has 2 amide bonds. The van der Waals surface area contributed by atoms with Crippen molar-refractivity contribution >= 4 is 33.3 Å². The van der Waals surface area contributed by atoms with Gasteiger partial charge in [-0.1, -0.05) is 6.07 Å². The molecule has 3 unspecified atom stereocenters. The molecule has 0 spiro atoms. The van der Waals surface area contributed by atoms with Gasteiger partial charge in [0.05, 0.1) is 36.0 Å². The van der Waals surface area contributed by atoms with Gasteiger partial charge in [0.25, 0.3) is 0 Å². The number of amides is 2. The largest absolute Gasteiger partial charge is 0.465 e. The van der Waals surface area contributed by atoms with Gasteiger partial charge in [0.15, 0.2) is 9.84 Å². The monoisotopic (exact) mass is 394 g/mol. The van der Waals surface area contributed by atoms with E-state index in [0.29, 0.717) is 24.1 Å². The van der Waals surface area contributed by atoms with E-state index in [4.69, 9.17) is 0 Å². The van der Waals surface area contributed by atoms with Crippen LogP contribution in [0.25, 0.3) is 0 Å². The van der Waals surface area contributed by atoms with Crippen molar-refractivity contribution in [2.75, 3.05) is 31.0 Å². The van der Waals surface area contributed by atoms with E-state index >= 15 is 0 Å². The highest BCUT2D eigenvalue weighted by Gasteiger charge is 2.50. The Hall–Kier alpha value is -2.42. The van der Waals surface area contributed by atoms with Crippen LogP contribution in [0.1, 0.15) is 23.2 Å². The summed E-state index contributed by atoms with van der Waals surface area (Å²) >= 11 is 0. The van der Waals surface area contributed by atoms with Crippen molar-refractivity contribution < 1.29 is 27.5 Å². The van der Waals surface area contributed by atoms with E-state index in [2.05, 4.69) is 10.1 Å². The van der Waals surface area contributed by atoms with E-state index in [1.807, 2.05) is 0 Å². The van der Waals surface area contributed by atoms with Crippen LogP contribution in [0, 0.1) is 11.8 Å². The van der Waals surface area contributed by atoms with Crippen molar-refractivity contribution in [3.05, 3.63) is 29.8 Å². The summed E-state index contributed by atoms with van der Waals surface area (Å²) in [6.45, 7) is 0. The summed E-state index contributed by atoms with van der Waals surface area (Å²) in [7, 11) is -0.198. The molecular formula is C18H22N2O6S. The smallest absolute Gasteiger partial charge is 0.337 e. The minimum atomic E-state index is -3.07. The third-order valence-corrected chi connectivity index (χ3v) is 6.85. The maximum absolute atomic E-state index is 12.5. The summed E-state index contributed by atoms with van der Waals surface area (Å²) in [5.41, 5.74) is 0.775. The van der Waals surface area contributed by atoms with E-state index in [9.17, 15) is 22.8 Å². The molecular weight excluding hydrogens is 372 g/mol. The Morgan fingerprint density at radius 2 is 1.96 bits per heavy atom. The first-order valence-electron chi connectivity index (χ1n) is 8.68. The topological polar surface area (TPSA) is 110 Å². The lowest BCUT2D eigenvalue weighted by atomic mass is 10.2. The highest BCUT2D eigenvalue weighted by Crippen LogP contribution is 2.41. The molecule has 27 heavy (non-hydrogen) atoms. The van der Waals surface area contributed by atoms with Crippen molar-refractivity contribution in [3.8, 4) is 0 Å². The number of methoxy groups -OCH3 is 1. The molecule has 0 aromatic heterocycles. The Kier molecular flexibility index (Phi) is 5.23. The third kappa shape index (κ3) is 4.29. The summed E-state index contributed by atoms with van der Waals surface area (Å²) in [5.74, 6) is -1.77. The Balaban J connectivity index is 1.57. The van der Waals surface area contributed by atoms with Crippen LogP contribution in [0.4, 0.5) is 5.69 Å². The van der Waals surface area contributed by atoms with Crippen LogP contribution >= 0.6 is 0 Å². The number of ether oxygens (including phenoxy) is 1. The summed E-state index contributed by atoms with van der Waals surface area (Å²) in [6.07, 6.45) is 0.875. The third-order valence-electron chi connectivity index (χ3n) is 5.10. The average molecular weight is 394 g/mol. The number of benzene rings is 1. The fraction of sp³-hybridized carbons (Fsp3) is 0.500. The standard InChI is InChI=1S/C18H22N2O6S/c1-20(13-6-7-27(24,25)10-13)17(22)15-9-14(15)16(21)19-12-5-3-4-11(8-12)18(23)26-2/h3-5,8,13-15H,6-7,9-10H2,1-2H3,(H,19,21). The highest BCUT2D eigenvalue weighted by atomic mass is 32.2. The van der Waals surface area contributed by atoms with Crippen LogP contribution < -0.4 is 5.32 Å². The minimum Gasteiger partial charge on any atom is -0.465 e. The fourth-order valence-corrected chi connectivity index (χ4v) is 5.13. The number of nitrogens with one attached hydrogen (secondary N) is 1. The van der Waals surface area contributed by atoms with Crippen molar-refractivity contribution in [1.82, 2.24) is 4.90 Å². The Morgan fingerprint density at radius 3 is 2.59 bits per heavy atom. The molecule has 0 radical (unpaired) electrons. The molecule has 1 N–H and O–H groups in total. The maximum Gasteiger partial charge on any atom is 0.337 e. The minimum absolute atomic E-state index is 0.0147. The molecule has 1 heterocycles. The number of carbonyl (C=O) groups is 3. The van der Waals surface area contributed by atoms with Gasteiger partial charge in [-0.05, 0) is 31.0 Å². The summed E-state index contributed by atoms with van der Waals surface area (Å²) in [5, 5.41) is 2.72. The van der Waals surface area contributed by atoms with Crippen molar-refractivity contribution in [1.29, 1.82) is 0 Å². The fourth-order valence-electron chi connectivity index (χ4n) is 3.36. The molecule has 1 saturated heterocycles. The van der Waals surface area contributed by atoms with Crippen LogP contribution in [-0.4, -0.2) is 62.8 Å². The maximum atomic E-state index is 12.5. The normalized spacial score (nSPS) is 25.5. The van der Waals surface area contributed by atoms with Gasteiger partial charge < -0.3 is 15.0 Å². The van der Waals surface area contributed by atoms with E-state index in [0.717, 1.165) is 0 Å². The van der Waals surface area contributed by atoms with Gasteiger partial charge in [-0.15, -0.1) is 0 Å². The van der Waals surface area contributed by atoms with E-state index < -0.39 is 27.6 Å². The van der Waals surface area contributed by atoms with Gasteiger partial charge in [0.2, 0.25) is 11.8 Å². The molecule has 0 bridgehead atoms. The van der Waals surface area contributed by atoms with Gasteiger partial charge in [0, 0.05) is 18.8 Å². The average Bonchev–Trinajstić information content (AvgIpc) is 3.36. The van der Waals surface area contributed by atoms with Crippen LogP contribution in [0.3, 0.4) is 0 Å². The number of esters is 1. The van der Waals surface area contributed by atoms with Gasteiger partial charge in [-0.2, -0.15) is 0 Å². The van der Waals surface area contributed by atoms with Gasteiger partial charge in [-0.3, -0.25) is 9.59 Å². The number of hydrogen-bond donors (Lipinski definition) is 1.